The van der Waals surface area contributed by atoms with Gasteiger partial charge in [-0.05, 0) is 63.7 Å². The van der Waals surface area contributed by atoms with E-state index in [0.29, 0.717) is 11.7 Å². The lowest BCUT2D eigenvalue weighted by Crippen LogP contribution is -2.44. The molecule has 0 saturated carbocycles. The van der Waals surface area contributed by atoms with E-state index in [1.807, 2.05) is 11.6 Å². The third kappa shape index (κ3) is 4.67. The van der Waals surface area contributed by atoms with Gasteiger partial charge in [0.15, 0.2) is 5.69 Å². The van der Waals surface area contributed by atoms with E-state index in [1.165, 1.54) is 11.1 Å². The number of hydrogen-bond acceptors (Lipinski definition) is 5. The Morgan fingerprint density at radius 1 is 1.14 bits per heavy atom. The number of aryl methyl sites for hydroxylation is 1. The summed E-state index contributed by atoms with van der Waals surface area (Å²) in [4.78, 5) is 15.3. The lowest BCUT2D eigenvalue weighted by atomic mass is 10.0. The molecule has 2 aliphatic rings. The smallest absolute Gasteiger partial charge is 0.273 e. The molecule has 2 aliphatic heterocycles. The minimum Gasteiger partial charge on any atom is -0.348 e. The zero-order chi connectivity index (χ0) is 20.2. The number of carbonyl (C=O) groups is 1. The number of piperidine rings is 2. The number of benzene rings is 1. The maximum Gasteiger partial charge on any atom is 0.273 e. The van der Waals surface area contributed by atoms with Crippen molar-refractivity contribution in [1.29, 1.82) is 0 Å². The first kappa shape index (κ1) is 20.0. The van der Waals surface area contributed by atoms with Crippen LogP contribution in [-0.2, 0) is 6.54 Å². The van der Waals surface area contributed by atoms with Crippen LogP contribution in [0.25, 0.3) is 0 Å². The molecule has 0 bridgehead atoms. The van der Waals surface area contributed by atoms with Gasteiger partial charge in [0, 0.05) is 25.7 Å². The highest BCUT2D eigenvalue weighted by molar-refractivity contribution is 5.93. The standard InChI is InChI=1S/C22H32N6O/c1-16-5-3-4-6-18(16)15-27-13-9-19(10-14-27)24-22(29)21-17(2)28(26-25-21)20-7-11-23-12-8-20/h3-6,19-20,23H,7-15H2,1-2H3,(H,24,29). The summed E-state index contributed by atoms with van der Waals surface area (Å²) in [6, 6.07) is 9.12. The van der Waals surface area contributed by atoms with Gasteiger partial charge in [-0.25, -0.2) is 4.68 Å². The lowest BCUT2D eigenvalue weighted by Gasteiger charge is -2.32. The fourth-order valence-corrected chi connectivity index (χ4v) is 4.47. The Hall–Kier alpha value is -2.25. The van der Waals surface area contributed by atoms with Crippen molar-refractivity contribution in [1.82, 2.24) is 30.5 Å². The van der Waals surface area contributed by atoms with Gasteiger partial charge in [-0.3, -0.25) is 9.69 Å². The van der Waals surface area contributed by atoms with Crippen LogP contribution in [0.4, 0.5) is 0 Å². The molecule has 3 heterocycles. The molecule has 29 heavy (non-hydrogen) atoms. The molecule has 2 aromatic rings. The van der Waals surface area contributed by atoms with Crippen molar-refractivity contribution >= 4 is 5.91 Å². The third-order valence-electron chi connectivity index (χ3n) is 6.38. The zero-order valence-electron chi connectivity index (χ0n) is 17.5. The van der Waals surface area contributed by atoms with Crippen molar-refractivity contribution in [2.24, 2.45) is 0 Å². The summed E-state index contributed by atoms with van der Waals surface area (Å²) in [7, 11) is 0. The van der Waals surface area contributed by atoms with Crippen LogP contribution in [-0.4, -0.2) is 58.0 Å². The van der Waals surface area contributed by atoms with E-state index in [2.05, 4.69) is 57.0 Å². The SMILES string of the molecule is Cc1ccccc1CN1CCC(NC(=O)c2nnn(C3CCNCC3)c2C)CC1. The van der Waals surface area contributed by atoms with E-state index in [4.69, 9.17) is 0 Å². The van der Waals surface area contributed by atoms with Crippen molar-refractivity contribution in [2.45, 2.75) is 58.2 Å². The van der Waals surface area contributed by atoms with Crippen molar-refractivity contribution in [3.05, 3.63) is 46.8 Å². The molecule has 7 nitrogen and oxygen atoms in total. The Morgan fingerprint density at radius 3 is 2.59 bits per heavy atom. The first-order valence-corrected chi connectivity index (χ1v) is 10.8. The lowest BCUT2D eigenvalue weighted by molar-refractivity contribution is 0.0903. The van der Waals surface area contributed by atoms with Crippen LogP contribution in [0.2, 0.25) is 0 Å². The molecular formula is C22H32N6O. The monoisotopic (exact) mass is 396 g/mol. The van der Waals surface area contributed by atoms with Gasteiger partial charge < -0.3 is 10.6 Å². The van der Waals surface area contributed by atoms with Crippen molar-refractivity contribution in [3.8, 4) is 0 Å². The Morgan fingerprint density at radius 2 is 1.86 bits per heavy atom. The molecule has 2 N–H and O–H groups in total. The number of amides is 1. The fourth-order valence-electron chi connectivity index (χ4n) is 4.47. The second kappa shape index (κ2) is 9.05. The molecule has 0 radical (unpaired) electrons. The highest BCUT2D eigenvalue weighted by Gasteiger charge is 2.26. The topological polar surface area (TPSA) is 75.1 Å². The Bertz CT molecular complexity index is 834. The Balaban J connectivity index is 1.30. The summed E-state index contributed by atoms with van der Waals surface area (Å²) in [5.41, 5.74) is 4.09. The molecule has 4 rings (SSSR count). The van der Waals surface area contributed by atoms with Crippen molar-refractivity contribution in [2.75, 3.05) is 26.2 Å². The van der Waals surface area contributed by atoms with Gasteiger partial charge in [0.1, 0.15) is 0 Å². The molecule has 7 heteroatoms. The number of hydrogen-bond donors (Lipinski definition) is 2. The quantitative estimate of drug-likeness (QED) is 0.811. The number of rotatable bonds is 5. The molecule has 2 fully saturated rings. The van der Waals surface area contributed by atoms with E-state index < -0.39 is 0 Å². The normalized spacial score (nSPS) is 19.4. The molecule has 0 atom stereocenters. The number of nitrogens with one attached hydrogen (secondary N) is 2. The predicted octanol–water partition coefficient (Wildman–Crippen LogP) is 2.21. The number of carbonyl (C=O) groups excluding carboxylic acids is 1. The van der Waals surface area contributed by atoms with Crippen LogP contribution in [0.15, 0.2) is 24.3 Å². The van der Waals surface area contributed by atoms with Gasteiger partial charge in [0.05, 0.1) is 11.7 Å². The maximum atomic E-state index is 12.8. The highest BCUT2D eigenvalue weighted by atomic mass is 16.2. The molecule has 0 unspecified atom stereocenters. The van der Waals surface area contributed by atoms with Gasteiger partial charge in [0.2, 0.25) is 0 Å². The van der Waals surface area contributed by atoms with Crippen molar-refractivity contribution in [3.63, 3.8) is 0 Å². The van der Waals surface area contributed by atoms with Crippen LogP contribution in [0.1, 0.15) is 59.0 Å². The number of likely N-dealkylation sites (tertiary alicyclic amines) is 1. The molecular weight excluding hydrogens is 364 g/mol. The minimum absolute atomic E-state index is 0.0833. The van der Waals surface area contributed by atoms with E-state index in [0.717, 1.165) is 64.1 Å². The average molecular weight is 397 g/mol. The summed E-state index contributed by atoms with van der Waals surface area (Å²) < 4.78 is 1.94. The maximum absolute atomic E-state index is 12.8. The van der Waals surface area contributed by atoms with Gasteiger partial charge in [0.25, 0.3) is 5.91 Å². The molecule has 2 saturated heterocycles. The summed E-state index contributed by atoms with van der Waals surface area (Å²) in [6.45, 7) is 9.10. The zero-order valence-corrected chi connectivity index (χ0v) is 17.5. The van der Waals surface area contributed by atoms with Crippen LogP contribution in [0.3, 0.4) is 0 Å². The van der Waals surface area contributed by atoms with E-state index in [-0.39, 0.29) is 11.9 Å². The fraction of sp³-hybridized carbons (Fsp3) is 0.591. The predicted molar refractivity (Wildman–Crippen MR) is 113 cm³/mol. The molecule has 0 aliphatic carbocycles. The first-order valence-electron chi connectivity index (χ1n) is 10.8. The first-order chi connectivity index (χ1) is 14.1. The second-order valence-corrected chi connectivity index (χ2v) is 8.40. The molecule has 1 aromatic carbocycles. The Labute approximate surface area is 172 Å². The average Bonchev–Trinajstić information content (AvgIpc) is 3.13. The van der Waals surface area contributed by atoms with Gasteiger partial charge in [-0.2, -0.15) is 0 Å². The van der Waals surface area contributed by atoms with Crippen LogP contribution in [0, 0.1) is 13.8 Å². The molecule has 1 amide bonds. The molecule has 156 valence electrons. The van der Waals surface area contributed by atoms with E-state index in [9.17, 15) is 4.79 Å². The highest BCUT2D eigenvalue weighted by Crippen LogP contribution is 2.21. The van der Waals surface area contributed by atoms with Crippen LogP contribution in [0.5, 0.6) is 0 Å². The summed E-state index contributed by atoms with van der Waals surface area (Å²) in [5.74, 6) is -0.0833. The number of aromatic nitrogens is 3. The van der Waals surface area contributed by atoms with Crippen molar-refractivity contribution < 1.29 is 4.79 Å². The molecule has 1 aromatic heterocycles. The Kier molecular flexibility index (Phi) is 6.25. The van der Waals surface area contributed by atoms with E-state index in [1.54, 1.807) is 0 Å². The van der Waals surface area contributed by atoms with E-state index >= 15 is 0 Å². The van der Waals surface area contributed by atoms with Gasteiger partial charge in [-0.1, -0.05) is 29.5 Å². The summed E-state index contributed by atoms with van der Waals surface area (Å²) in [6.07, 6.45) is 4.01. The van der Waals surface area contributed by atoms with Crippen LogP contribution < -0.4 is 10.6 Å². The van der Waals surface area contributed by atoms with Gasteiger partial charge >= 0.3 is 0 Å². The summed E-state index contributed by atoms with van der Waals surface area (Å²) in [5, 5.41) is 15.1. The third-order valence-corrected chi connectivity index (χ3v) is 6.38. The van der Waals surface area contributed by atoms with Gasteiger partial charge in [-0.15, -0.1) is 5.10 Å². The van der Waals surface area contributed by atoms with Crippen LogP contribution >= 0.6 is 0 Å². The largest absolute Gasteiger partial charge is 0.348 e. The minimum atomic E-state index is -0.0833. The summed E-state index contributed by atoms with van der Waals surface area (Å²) >= 11 is 0. The second-order valence-electron chi connectivity index (χ2n) is 8.40. The number of nitrogens with zero attached hydrogens (tertiary/aromatic N) is 4. The molecule has 0 spiro atoms.